The van der Waals surface area contributed by atoms with Crippen molar-refractivity contribution in [3.05, 3.63) is 5.82 Å². The number of aryl methyl sites for hydroxylation is 1. The Hall–Kier alpha value is -1.57. The zero-order valence-corrected chi connectivity index (χ0v) is 10.9. The van der Waals surface area contributed by atoms with Crippen molar-refractivity contribution in [1.29, 1.82) is 0 Å². The van der Waals surface area contributed by atoms with Gasteiger partial charge in [-0.15, -0.1) is 10.2 Å². The van der Waals surface area contributed by atoms with Crippen molar-refractivity contribution in [2.24, 2.45) is 5.73 Å². The van der Waals surface area contributed by atoms with E-state index in [1.165, 1.54) is 0 Å². The Morgan fingerprint density at radius 2 is 2.11 bits per heavy atom. The summed E-state index contributed by atoms with van der Waals surface area (Å²) < 4.78 is 1.86. The predicted molar refractivity (Wildman–Crippen MR) is 66.2 cm³/mol. The number of hydrogen-bond donors (Lipinski definition) is 2. The number of nitrogens with two attached hydrogens (primary N) is 1. The SMILES string of the molecule is Cc1nnc(SCC(=O)O)n1CCCCC(N)=O. The first kappa shape index (κ1) is 14.5. The number of thioether (sulfide) groups is 1. The molecule has 1 rings (SSSR count). The first-order valence-corrected chi connectivity index (χ1v) is 6.52. The largest absolute Gasteiger partial charge is 0.481 e. The molecule has 0 spiro atoms. The van der Waals surface area contributed by atoms with Crippen molar-refractivity contribution in [2.45, 2.75) is 37.9 Å². The molecule has 0 fully saturated rings. The fraction of sp³-hybridized carbons (Fsp3) is 0.600. The molecule has 0 aliphatic rings. The molecule has 1 heterocycles. The summed E-state index contributed by atoms with van der Waals surface area (Å²) in [5.74, 6) is -0.502. The Morgan fingerprint density at radius 1 is 1.39 bits per heavy atom. The lowest BCUT2D eigenvalue weighted by molar-refractivity contribution is -0.133. The van der Waals surface area contributed by atoms with Gasteiger partial charge in [0.05, 0.1) is 5.75 Å². The lowest BCUT2D eigenvalue weighted by atomic mass is 10.2. The van der Waals surface area contributed by atoms with E-state index in [0.717, 1.165) is 24.0 Å². The maximum Gasteiger partial charge on any atom is 0.313 e. The Morgan fingerprint density at radius 3 is 2.72 bits per heavy atom. The molecule has 1 amide bonds. The van der Waals surface area contributed by atoms with Crippen molar-refractivity contribution in [1.82, 2.24) is 14.8 Å². The van der Waals surface area contributed by atoms with E-state index in [4.69, 9.17) is 10.8 Å². The molecule has 7 nitrogen and oxygen atoms in total. The summed E-state index contributed by atoms with van der Waals surface area (Å²) in [6.45, 7) is 2.47. The quantitative estimate of drug-likeness (QED) is 0.524. The molecular formula is C10H16N4O3S. The van der Waals surface area contributed by atoms with Gasteiger partial charge in [0, 0.05) is 13.0 Å². The summed E-state index contributed by atoms with van der Waals surface area (Å²) >= 11 is 1.14. The fourth-order valence-corrected chi connectivity index (χ4v) is 2.15. The molecule has 0 atom stereocenters. The van der Waals surface area contributed by atoms with E-state index in [9.17, 15) is 9.59 Å². The highest BCUT2D eigenvalue weighted by Gasteiger charge is 2.10. The molecule has 0 bridgehead atoms. The minimum Gasteiger partial charge on any atom is -0.481 e. The summed E-state index contributed by atoms with van der Waals surface area (Å²) in [7, 11) is 0. The van der Waals surface area contributed by atoms with Gasteiger partial charge in [0.25, 0.3) is 0 Å². The predicted octanol–water partition coefficient (Wildman–Crippen LogP) is 0.419. The molecule has 0 aliphatic carbocycles. The van der Waals surface area contributed by atoms with Gasteiger partial charge in [-0.25, -0.2) is 0 Å². The Balaban J connectivity index is 2.50. The number of primary amides is 1. The third kappa shape index (κ3) is 4.74. The van der Waals surface area contributed by atoms with Crippen molar-refractivity contribution in [3.63, 3.8) is 0 Å². The molecule has 0 unspecified atom stereocenters. The second kappa shape index (κ2) is 7.00. The van der Waals surface area contributed by atoms with Gasteiger partial charge in [-0.3, -0.25) is 9.59 Å². The van der Waals surface area contributed by atoms with Crippen LogP contribution in [0.2, 0.25) is 0 Å². The molecule has 18 heavy (non-hydrogen) atoms. The number of aliphatic carboxylic acids is 1. The van der Waals surface area contributed by atoms with Crippen molar-refractivity contribution in [3.8, 4) is 0 Å². The number of hydrogen-bond acceptors (Lipinski definition) is 5. The molecule has 0 saturated carbocycles. The maximum atomic E-state index is 10.6. The number of carboxylic acid groups (broad SMARTS) is 1. The summed E-state index contributed by atoms with van der Waals surface area (Å²) in [5.41, 5.74) is 5.05. The molecule has 0 saturated heterocycles. The number of rotatable bonds is 8. The van der Waals surface area contributed by atoms with Crippen LogP contribution >= 0.6 is 11.8 Å². The highest BCUT2D eigenvalue weighted by molar-refractivity contribution is 7.99. The summed E-state index contributed by atoms with van der Waals surface area (Å²) in [6, 6.07) is 0. The second-order valence-electron chi connectivity index (χ2n) is 3.79. The third-order valence-electron chi connectivity index (χ3n) is 2.28. The van der Waals surface area contributed by atoms with Crippen LogP contribution in [0, 0.1) is 6.92 Å². The van der Waals surface area contributed by atoms with Crippen LogP contribution in [-0.2, 0) is 16.1 Å². The number of amides is 1. The van der Waals surface area contributed by atoms with Gasteiger partial charge in [0.1, 0.15) is 5.82 Å². The van der Waals surface area contributed by atoms with E-state index in [0.29, 0.717) is 24.5 Å². The van der Waals surface area contributed by atoms with Crippen molar-refractivity contribution >= 4 is 23.6 Å². The summed E-state index contributed by atoms with van der Waals surface area (Å²) in [4.78, 5) is 21.1. The first-order chi connectivity index (χ1) is 8.50. The molecule has 8 heteroatoms. The topological polar surface area (TPSA) is 111 Å². The molecule has 0 aliphatic heterocycles. The van der Waals surface area contributed by atoms with Gasteiger partial charge in [0.15, 0.2) is 5.16 Å². The lowest BCUT2D eigenvalue weighted by Gasteiger charge is -2.06. The number of carbonyl (C=O) groups excluding carboxylic acids is 1. The van der Waals surface area contributed by atoms with E-state index >= 15 is 0 Å². The van der Waals surface area contributed by atoms with E-state index in [-0.39, 0.29) is 11.7 Å². The fourth-order valence-electron chi connectivity index (χ4n) is 1.42. The first-order valence-electron chi connectivity index (χ1n) is 5.53. The Bertz CT molecular complexity index is 433. The smallest absolute Gasteiger partial charge is 0.313 e. The second-order valence-corrected chi connectivity index (χ2v) is 4.73. The normalized spacial score (nSPS) is 10.5. The average molecular weight is 272 g/mol. The Labute approximate surface area is 109 Å². The van der Waals surface area contributed by atoms with E-state index in [1.54, 1.807) is 0 Å². The highest BCUT2D eigenvalue weighted by atomic mass is 32.2. The molecule has 1 aromatic heterocycles. The minimum absolute atomic E-state index is 0.0422. The van der Waals surface area contributed by atoms with Crippen molar-refractivity contribution in [2.75, 3.05) is 5.75 Å². The van der Waals surface area contributed by atoms with Crippen LogP contribution in [0.1, 0.15) is 25.1 Å². The van der Waals surface area contributed by atoms with E-state index in [1.807, 2.05) is 11.5 Å². The molecule has 0 aromatic carbocycles. The van der Waals surface area contributed by atoms with Gasteiger partial charge in [0.2, 0.25) is 5.91 Å². The van der Waals surface area contributed by atoms with E-state index in [2.05, 4.69) is 10.2 Å². The van der Waals surface area contributed by atoms with Crippen LogP contribution in [0.25, 0.3) is 0 Å². The zero-order valence-electron chi connectivity index (χ0n) is 10.1. The van der Waals surface area contributed by atoms with Crippen LogP contribution in [0.15, 0.2) is 5.16 Å². The third-order valence-corrected chi connectivity index (χ3v) is 3.23. The Kier molecular flexibility index (Phi) is 5.63. The number of nitrogens with zero attached hydrogens (tertiary/aromatic N) is 3. The van der Waals surface area contributed by atoms with Gasteiger partial charge >= 0.3 is 5.97 Å². The number of aromatic nitrogens is 3. The summed E-state index contributed by atoms with van der Waals surface area (Å²) in [6.07, 6.45) is 1.84. The molecule has 100 valence electrons. The van der Waals surface area contributed by atoms with Crippen LogP contribution in [-0.4, -0.2) is 37.5 Å². The molecule has 1 aromatic rings. The monoisotopic (exact) mass is 272 g/mol. The van der Waals surface area contributed by atoms with Gasteiger partial charge in [-0.05, 0) is 19.8 Å². The van der Waals surface area contributed by atoms with Gasteiger partial charge in [-0.1, -0.05) is 11.8 Å². The molecule has 0 radical (unpaired) electrons. The van der Waals surface area contributed by atoms with Crippen LogP contribution in [0.3, 0.4) is 0 Å². The summed E-state index contributed by atoms with van der Waals surface area (Å²) in [5, 5.41) is 17.0. The number of carboxylic acids is 1. The maximum absolute atomic E-state index is 10.6. The number of unbranched alkanes of at least 4 members (excludes halogenated alkanes) is 1. The van der Waals surface area contributed by atoms with Crippen LogP contribution < -0.4 is 5.73 Å². The van der Waals surface area contributed by atoms with Gasteiger partial charge in [-0.2, -0.15) is 0 Å². The standard InChI is InChI=1S/C10H16N4O3S/c1-7-12-13-10(18-6-9(16)17)14(7)5-3-2-4-8(11)15/h2-6H2,1H3,(H2,11,15)(H,16,17). The van der Waals surface area contributed by atoms with Crippen LogP contribution in [0.5, 0.6) is 0 Å². The van der Waals surface area contributed by atoms with Gasteiger partial charge < -0.3 is 15.4 Å². The molecule has 3 N–H and O–H groups in total. The van der Waals surface area contributed by atoms with Crippen LogP contribution in [0.4, 0.5) is 0 Å². The average Bonchev–Trinajstić information content (AvgIpc) is 2.63. The molecular weight excluding hydrogens is 256 g/mol. The minimum atomic E-state index is -0.888. The van der Waals surface area contributed by atoms with Crippen molar-refractivity contribution < 1.29 is 14.7 Å². The zero-order chi connectivity index (χ0) is 13.5. The highest BCUT2D eigenvalue weighted by Crippen LogP contribution is 2.17. The lowest BCUT2D eigenvalue weighted by Crippen LogP contribution is -2.11. The number of carbonyl (C=O) groups is 2. The van der Waals surface area contributed by atoms with E-state index < -0.39 is 5.97 Å².